The zero-order chi connectivity index (χ0) is 18.3. The van der Waals surface area contributed by atoms with Gasteiger partial charge in [-0.25, -0.2) is 4.98 Å². The molecule has 5 nitrogen and oxygen atoms in total. The van der Waals surface area contributed by atoms with E-state index in [1.807, 2.05) is 30.0 Å². The van der Waals surface area contributed by atoms with Crippen LogP contribution in [0, 0.1) is 6.92 Å². The van der Waals surface area contributed by atoms with Crippen LogP contribution < -0.4 is 0 Å². The molecule has 136 valence electrons. The lowest BCUT2D eigenvalue weighted by Gasteiger charge is -2.31. The third kappa shape index (κ3) is 3.12. The molecular formula is C19H20ClN3O2S. The molecule has 3 aromatic rings. The van der Waals surface area contributed by atoms with Gasteiger partial charge in [0.1, 0.15) is 11.3 Å². The SMILES string of the molecule is CCc1noc(C)c1C(=O)N1CCC(c2nc3cc(Cl)ccc3s2)CC1. The minimum Gasteiger partial charge on any atom is -0.361 e. The van der Waals surface area contributed by atoms with Gasteiger partial charge in [-0.1, -0.05) is 23.7 Å². The first kappa shape index (κ1) is 17.5. The molecule has 3 heterocycles. The molecule has 26 heavy (non-hydrogen) atoms. The van der Waals surface area contributed by atoms with Crippen LogP contribution >= 0.6 is 22.9 Å². The summed E-state index contributed by atoms with van der Waals surface area (Å²) in [6, 6.07) is 5.84. The second-order valence-corrected chi connectivity index (χ2v) is 8.14. The van der Waals surface area contributed by atoms with E-state index in [1.165, 1.54) is 0 Å². The third-order valence-electron chi connectivity index (χ3n) is 4.98. The number of carbonyl (C=O) groups excluding carboxylic acids is 1. The van der Waals surface area contributed by atoms with Crippen molar-refractivity contribution in [1.29, 1.82) is 0 Å². The number of nitrogens with zero attached hydrogens (tertiary/aromatic N) is 3. The average Bonchev–Trinajstić information content (AvgIpc) is 3.24. The van der Waals surface area contributed by atoms with Gasteiger partial charge in [-0.05, 0) is 44.4 Å². The molecule has 0 spiro atoms. The minimum atomic E-state index is 0.0372. The van der Waals surface area contributed by atoms with Gasteiger partial charge in [-0.2, -0.15) is 0 Å². The van der Waals surface area contributed by atoms with Crippen LogP contribution in [0.3, 0.4) is 0 Å². The highest BCUT2D eigenvalue weighted by atomic mass is 35.5. The summed E-state index contributed by atoms with van der Waals surface area (Å²) in [4.78, 5) is 19.6. The lowest BCUT2D eigenvalue weighted by molar-refractivity contribution is 0.0710. The van der Waals surface area contributed by atoms with Gasteiger partial charge >= 0.3 is 0 Å². The Labute approximate surface area is 160 Å². The van der Waals surface area contributed by atoms with Gasteiger partial charge in [0.15, 0.2) is 0 Å². The van der Waals surface area contributed by atoms with Gasteiger partial charge < -0.3 is 9.42 Å². The topological polar surface area (TPSA) is 59.2 Å². The maximum absolute atomic E-state index is 12.9. The zero-order valence-electron chi connectivity index (χ0n) is 14.8. The number of rotatable bonds is 3. The monoisotopic (exact) mass is 389 g/mol. The molecule has 0 atom stereocenters. The first-order chi connectivity index (χ1) is 12.6. The Balaban J connectivity index is 1.48. The lowest BCUT2D eigenvalue weighted by Crippen LogP contribution is -2.38. The summed E-state index contributed by atoms with van der Waals surface area (Å²) in [5.41, 5.74) is 2.35. The van der Waals surface area contributed by atoms with Crippen LogP contribution in [-0.4, -0.2) is 34.0 Å². The molecule has 0 bridgehead atoms. The third-order valence-corrected chi connectivity index (χ3v) is 6.41. The number of piperidine rings is 1. The normalized spacial score (nSPS) is 15.7. The molecule has 0 saturated carbocycles. The van der Waals surface area contributed by atoms with E-state index in [0.717, 1.165) is 46.8 Å². The second-order valence-electron chi connectivity index (χ2n) is 6.64. The highest BCUT2D eigenvalue weighted by Crippen LogP contribution is 2.35. The summed E-state index contributed by atoms with van der Waals surface area (Å²) in [7, 11) is 0. The Bertz CT molecular complexity index is 957. The van der Waals surface area contributed by atoms with Gasteiger partial charge in [0.25, 0.3) is 5.91 Å². The first-order valence-electron chi connectivity index (χ1n) is 8.87. The average molecular weight is 390 g/mol. The Morgan fingerprint density at radius 1 is 1.38 bits per heavy atom. The molecule has 1 fully saturated rings. The maximum atomic E-state index is 12.9. The van der Waals surface area contributed by atoms with Gasteiger partial charge in [0, 0.05) is 24.0 Å². The van der Waals surface area contributed by atoms with Crippen LogP contribution in [0.2, 0.25) is 5.02 Å². The fraction of sp³-hybridized carbons (Fsp3) is 0.421. The second kappa shape index (κ2) is 7.00. The van der Waals surface area contributed by atoms with Crippen LogP contribution in [0.15, 0.2) is 22.7 Å². The van der Waals surface area contributed by atoms with Crippen LogP contribution in [0.5, 0.6) is 0 Å². The van der Waals surface area contributed by atoms with E-state index < -0.39 is 0 Å². The van der Waals surface area contributed by atoms with Gasteiger partial charge in [-0.3, -0.25) is 4.79 Å². The highest BCUT2D eigenvalue weighted by Gasteiger charge is 2.29. The lowest BCUT2D eigenvalue weighted by atomic mass is 9.96. The molecule has 1 aliphatic heterocycles. The van der Waals surface area contributed by atoms with Crippen molar-refractivity contribution < 1.29 is 9.32 Å². The molecule has 7 heteroatoms. The van der Waals surface area contributed by atoms with Crippen molar-refractivity contribution >= 4 is 39.1 Å². The number of amides is 1. The fourth-order valence-electron chi connectivity index (χ4n) is 3.51. The highest BCUT2D eigenvalue weighted by molar-refractivity contribution is 7.18. The van der Waals surface area contributed by atoms with E-state index in [0.29, 0.717) is 28.7 Å². The van der Waals surface area contributed by atoms with Gasteiger partial charge in [0.2, 0.25) is 0 Å². The number of likely N-dealkylation sites (tertiary alicyclic amines) is 1. The number of carbonyl (C=O) groups is 1. The Morgan fingerprint density at radius 2 is 2.15 bits per heavy atom. The quantitative estimate of drug-likeness (QED) is 0.643. The zero-order valence-corrected chi connectivity index (χ0v) is 16.4. The van der Waals surface area contributed by atoms with Gasteiger partial charge in [-0.15, -0.1) is 11.3 Å². The fourth-order valence-corrected chi connectivity index (χ4v) is 4.80. The number of aromatic nitrogens is 2. The van der Waals surface area contributed by atoms with Crippen molar-refractivity contribution in [1.82, 2.24) is 15.0 Å². The van der Waals surface area contributed by atoms with Crippen molar-refractivity contribution in [3.8, 4) is 0 Å². The number of thiazole rings is 1. The summed E-state index contributed by atoms with van der Waals surface area (Å²) in [6.45, 7) is 5.25. The van der Waals surface area contributed by atoms with Crippen LogP contribution in [-0.2, 0) is 6.42 Å². The van der Waals surface area contributed by atoms with E-state index in [9.17, 15) is 4.79 Å². The van der Waals surface area contributed by atoms with E-state index in [1.54, 1.807) is 18.3 Å². The molecule has 0 N–H and O–H groups in total. The minimum absolute atomic E-state index is 0.0372. The summed E-state index contributed by atoms with van der Waals surface area (Å²) >= 11 is 7.79. The number of halogens is 1. The molecule has 0 aliphatic carbocycles. The Kier molecular flexibility index (Phi) is 4.71. The van der Waals surface area contributed by atoms with Gasteiger partial charge in [0.05, 0.1) is 20.9 Å². The predicted molar refractivity (Wildman–Crippen MR) is 103 cm³/mol. The number of benzene rings is 1. The van der Waals surface area contributed by atoms with Crippen molar-refractivity contribution in [2.75, 3.05) is 13.1 Å². The standard InChI is InChI=1S/C19H20ClN3O2S/c1-3-14-17(11(2)25-22-14)19(24)23-8-6-12(7-9-23)18-21-15-10-13(20)4-5-16(15)26-18/h4-5,10,12H,3,6-9H2,1-2H3. The number of aryl methyl sites for hydroxylation is 2. The largest absolute Gasteiger partial charge is 0.361 e. The molecule has 0 radical (unpaired) electrons. The van der Waals surface area contributed by atoms with Crippen LogP contribution in [0.1, 0.15) is 52.5 Å². The predicted octanol–water partition coefficient (Wildman–Crippen LogP) is 4.83. The molecule has 4 rings (SSSR count). The number of hydrogen-bond donors (Lipinski definition) is 0. The Hall–Kier alpha value is -1.92. The molecule has 1 aliphatic rings. The Morgan fingerprint density at radius 3 is 2.88 bits per heavy atom. The molecule has 1 saturated heterocycles. The number of hydrogen-bond acceptors (Lipinski definition) is 5. The van der Waals surface area contributed by atoms with Crippen LogP contribution in [0.4, 0.5) is 0 Å². The smallest absolute Gasteiger partial charge is 0.259 e. The van der Waals surface area contributed by atoms with Crippen molar-refractivity contribution in [3.05, 3.63) is 45.2 Å². The van der Waals surface area contributed by atoms with E-state index >= 15 is 0 Å². The van der Waals surface area contributed by atoms with Crippen molar-refractivity contribution in [3.63, 3.8) is 0 Å². The maximum Gasteiger partial charge on any atom is 0.259 e. The summed E-state index contributed by atoms with van der Waals surface area (Å²) in [6.07, 6.45) is 2.54. The molecular weight excluding hydrogens is 370 g/mol. The van der Waals surface area contributed by atoms with Crippen molar-refractivity contribution in [2.24, 2.45) is 0 Å². The van der Waals surface area contributed by atoms with Crippen molar-refractivity contribution in [2.45, 2.75) is 39.0 Å². The summed E-state index contributed by atoms with van der Waals surface area (Å²) < 4.78 is 6.38. The summed E-state index contributed by atoms with van der Waals surface area (Å²) in [5.74, 6) is 1.04. The molecule has 0 unspecified atom stereocenters. The van der Waals surface area contributed by atoms with Crippen LogP contribution in [0.25, 0.3) is 10.2 Å². The molecule has 2 aromatic heterocycles. The number of fused-ring (bicyclic) bond motifs is 1. The first-order valence-corrected chi connectivity index (χ1v) is 10.1. The van der Waals surface area contributed by atoms with E-state index in [-0.39, 0.29) is 5.91 Å². The molecule has 1 aromatic carbocycles. The van der Waals surface area contributed by atoms with E-state index in [4.69, 9.17) is 21.1 Å². The summed E-state index contributed by atoms with van der Waals surface area (Å²) in [5, 5.41) is 5.86. The van der Waals surface area contributed by atoms with E-state index in [2.05, 4.69) is 5.16 Å². The molecule has 1 amide bonds.